The second-order valence-corrected chi connectivity index (χ2v) is 8.98. The number of para-hydroxylation sites is 1. The van der Waals surface area contributed by atoms with Gasteiger partial charge in [0.1, 0.15) is 18.1 Å². The number of anilines is 1. The number of aliphatic hydroxyl groups excluding tert-OH is 1. The van der Waals surface area contributed by atoms with Crippen LogP contribution in [0.2, 0.25) is 0 Å². The Balaban J connectivity index is 1.41. The highest BCUT2D eigenvalue weighted by Gasteiger charge is 2.21. The average Bonchev–Trinajstić information content (AvgIpc) is 3.35. The van der Waals surface area contributed by atoms with Gasteiger partial charge < -0.3 is 14.7 Å². The van der Waals surface area contributed by atoms with E-state index in [9.17, 15) is 5.11 Å². The van der Waals surface area contributed by atoms with Gasteiger partial charge in [0, 0.05) is 30.5 Å². The molecule has 0 amide bonds. The summed E-state index contributed by atoms with van der Waals surface area (Å²) in [7, 11) is 0. The molecule has 2 aromatic carbocycles. The van der Waals surface area contributed by atoms with Crippen LogP contribution in [0.1, 0.15) is 31.5 Å². The number of aryl methyl sites for hydroxylation is 1. The fourth-order valence-corrected chi connectivity index (χ4v) is 4.19. The molecule has 8 heteroatoms. The molecule has 1 aliphatic heterocycles. The van der Waals surface area contributed by atoms with E-state index in [0.717, 1.165) is 48.6 Å². The fraction of sp³-hybridized carbons (Fsp3) is 0.333. The number of nitrogens with zero attached hydrogens (tertiary/aromatic N) is 6. The lowest BCUT2D eigenvalue weighted by Crippen LogP contribution is -2.35. The molecule has 0 radical (unpaired) electrons. The molecule has 5 rings (SSSR count). The molecule has 180 valence electrons. The van der Waals surface area contributed by atoms with Crippen LogP contribution in [0.4, 0.5) is 5.69 Å². The summed E-state index contributed by atoms with van der Waals surface area (Å²) in [6.45, 7) is 6.14. The van der Waals surface area contributed by atoms with Crippen LogP contribution >= 0.6 is 0 Å². The Kier molecular flexibility index (Phi) is 6.72. The van der Waals surface area contributed by atoms with Crippen LogP contribution in [-0.2, 0) is 0 Å². The molecule has 1 N–H and O–H groups in total. The minimum absolute atomic E-state index is 0.0754. The maximum absolute atomic E-state index is 9.79. The molecular weight excluding hydrogens is 440 g/mol. The van der Waals surface area contributed by atoms with Gasteiger partial charge in [-0.05, 0) is 63.1 Å². The molecule has 1 saturated heterocycles. The Hall–Kier alpha value is -3.78. The van der Waals surface area contributed by atoms with Gasteiger partial charge in [0.05, 0.1) is 24.0 Å². The van der Waals surface area contributed by atoms with Crippen molar-refractivity contribution in [1.82, 2.24) is 24.7 Å². The molecule has 4 aromatic rings. The van der Waals surface area contributed by atoms with Gasteiger partial charge in [0.15, 0.2) is 11.6 Å². The number of rotatable bonds is 7. The van der Waals surface area contributed by atoms with Crippen LogP contribution in [0.15, 0.2) is 67.0 Å². The number of hydrogen-bond acceptors (Lipinski definition) is 7. The molecule has 3 heterocycles. The van der Waals surface area contributed by atoms with E-state index in [4.69, 9.17) is 14.8 Å². The number of benzene rings is 2. The first-order chi connectivity index (χ1) is 17.1. The zero-order valence-electron chi connectivity index (χ0n) is 20.1. The van der Waals surface area contributed by atoms with Crippen molar-refractivity contribution < 1.29 is 9.84 Å². The minimum atomic E-state index is -0.185. The molecular formula is C27H30N6O2. The van der Waals surface area contributed by atoms with Gasteiger partial charge >= 0.3 is 0 Å². The summed E-state index contributed by atoms with van der Waals surface area (Å²) >= 11 is 0. The third-order valence-corrected chi connectivity index (χ3v) is 6.25. The zero-order chi connectivity index (χ0) is 24.2. The molecule has 0 saturated carbocycles. The highest BCUT2D eigenvalue weighted by molar-refractivity contribution is 5.63. The highest BCUT2D eigenvalue weighted by atomic mass is 16.5. The third-order valence-electron chi connectivity index (χ3n) is 6.25. The third kappa shape index (κ3) is 5.33. The number of aliphatic hydroxyl groups is 1. The standard InChI is InChI=1S/C27H30N6O2/c1-19-16-29-25(17-28-19)27-30-26(31-33(27)20(2)18-35-24-6-4-3-5-7-24)21-8-10-22(11-9-21)32-14-12-23(34)13-15-32/h3-11,16-17,20,23,34H,12-15,18H2,1-2H3. The number of hydrogen-bond donors (Lipinski definition) is 1. The molecule has 1 aliphatic rings. The van der Waals surface area contributed by atoms with Crippen LogP contribution in [-0.4, -0.2) is 55.6 Å². The Labute approximate surface area is 205 Å². The minimum Gasteiger partial charge on any atom is -0.491 e. The summed E-state index contributed by atoms with van der Waals surface area (Å²) in [6.07, 6.45) is 4.90. The van der Waals surface area contributed by atoms with Gasteiger partial charge in [-0.25, -0.2) is 14.6 Å². The second kappa shape index (κ2) is 10.2. The van der Waals surface area contributed by atoms with E-state index in [2.05, 4.69) is 46.1 Å². The lowest BCUT2D eigenvalue weighted by Gasteiger charge is -2.31. The lowest BCUT2D eigenvalue weighted by atomic mass is 10.1. The van der Waals surface area contributed by atoms with Gasteiger partial charge in [0.2, 0.25) is 0 Å². The van der Waals surface area contributed by atoms with Crippen LogP contribution in [0.3, 0.4) is 0 Å². The number of piperidine rings is 1. The van der Waals surface area contributed by atoms with Crippen molar-refractivity contribution in [3.8, 4) is 28.7 Å². The van der Waals surface area contributed by atoms with Gasteiger partial charge in [0.25, 0.3) is 0 Å². The molecule has 2 aromatic heterocycles. The number of aromatic nitrogens is 5. The van der Waals surface area contributed by atoms with Gasteiger partial charge in [-0.2, -0.15) is 0 Å². The normalized spacial score (nSPS) is 15.2. The average molecular weight is 471 g/mol. The number of ether oxygens (including phenoxy) is 1. The highest BCUT2D eigenvalue weighted by Crippen LogP contribution is 2.27. The Morgan fingerprint density at radius 3 is 2.43 bits per heavy atom. The monoisotopic (exact) mass is 470 g/mol. The summed E-state index contributed by atoms with van der Waals surface area (Å²) in [4.78, 5) is 16.1. The maximum atomic E-state index is 9.79. The predicted octanol–water partition coefficient (Wildman–Crippen LogP) is 4.31. The second-order valence-electron chi connectivity index (χ2n) is 8.98. The quantitative estimate of drug-likeness (QED) is 0.430. The van der Waals surface area contributed by atoms with E-state index in [1.54, 1.807) is 12.4 Å². The van der Waals surface area contributed by atoms with Crippen molar-refractivity contribution in [2.24, 2.45) is 0 Å². The lowest BCUT2D eigenvalue weighted by molar-refractivity contribution is 0.145. The van der Waals surface area contributed by atoms with Crippen LogP contribution in [0, 0.1) is 6.92 Å². The van der Waals surface area contributed by atoms with Crippen molar-refractivity contribution >= 4 is 5.69 Å². The zero-order valence-corrected chi connectivity index (χ0v) is 20.1. The van der Waals surface area contributed by atoms with E-state index >= 15 is 0 Å². The molecule has 1 unspecified atom stereocenters. The largest absolute Gasteiger partial charge is 0.491 e. The van der Waals surface area contributed by atoms with E-state index < -0.39 is 0 Å². The van der Waals surface area contributed by atoms with Gasteiger partial charge in [-0.3, -0.25) is 4.98 Å². The smallest absolute Gasteiger partial charge is 0.181 e. The molecule has 1 atom stereocenters. The topological polar surface area (TPSA) is 89.2 Å². The first-order valence-electron chi connectivity index (χ1n) is 12.0. The SMILES string of the molecule is Cc1cnc(-c2nc(-c3ccc(N4CCC(O)CC4)cc3)nn2C(C)COc2ccccc2)cn1. The summed E-state index contributed by atoms with van der Waals surface area (Å²) in [5, 5.41) is 14.6. The summed E-state index contributed by atoms with van der Waals surface area (Å²) < 4.78 is 7.86. The maximum Gasteiger partial charge on any atom is 0.181 e. The summed E-state index contributed by atoms with van der Waals surface area (Å²) in [5.41, 5.74) is 3.60. The molecule has 0 spiro atoms. The predicted molar refractivity (Wildman–Crippen MR) is 135 cm³/mol. The summed E-state index contributed by atoms with van der Waals surface area (Å²) in [6, 6.07) is 18.0. The molecule has 0 aliphatic carbocycles. The van der Waals surface area contributed by atoms with Gasteiger partial charge in [-0.15, -0.1) is 5.10 Å². The molecule has 1 fully saturated rings. The van der Waals surface area contributed by atoms with Crippen molar-refractivity contribution in [3.05, 3.63) is 72.7 Å². The summed E-state index contributed by atoms with van der Waals surface area (Å²) in [5.74, 6) is 2.11. The fourth-order valence-electron chi connectivity index (χ4n) is 4.19. The van der Waals surface area contributed by atoms with Crippen molar-refractivity contribution in [3.63, 3.8) is 0 Å². The molecule has 0 bridgehead atoms. The Morgan fingerprint density at radius 2 is 1.74 bits per heavy atom. The van der Waals surface area contributed by atoms with E-state index in [-0.39, 0.29) is 12.1 Å². The van der Waals surface area contributed by atoms with Gasteiger partial charge in [-0.1, -0.05) is 18.2 Å². The van der Waals surface area contributed by atoms with E-state index in [1.807, 2.05) is 41.9 Å². The van der Waals surface area contributed by atoms with Crippen molar-refractivity contribution in [1.29, 1.82) is 0 Å². The first-order valence-corrected chi connectivity index (χ1v) is 12.0. The van der Waals surface area contributed by atoms with Crippen LogP contribution in [0.5, 0.6) is 5.75 Å². The van der Waals surface area contributed by atoms with Crippen molar-refractivity contribution in [2.45, 2.75) is 38.8 Å². The van der Waals surface area contributed by atoms with Crippen molar-refractivity contribution in [2.75, 3.05) is 24.6 Å². The molecule has 35 heavy (non-hydrogen) atoms. The van der Waals surface area contributed by atoms with Crippen LogP contribution in [0.25, 0.3) is 22.9 Å². The van der Waals surface area contributed by atoms with E-state index in [1.165, 1.54) is 0 Å². The Bertz CT molecular complexity index is 1230. The molecule has 8 nitrogen and oxygen atoms in total. The van der Waals surface area contributed by atoms with Crippen LogP contribution < -0.4 is 9.64 Å². The Morgan fingerprint density at radius 1 is 1.00 bits per heavy atom. The first kappa shape index (κ1) is 23.0. The van der Waals surface area contributed by atoms with E-state index in [0.29, 0.717) is 23.9 Å².